The summed E-state index contributed by atoms with van der Waals surface area (Å²) in [6, 6.07) is -0.818. The van der Waals surface area contributed by atoms with Gasteiger partial charge in [0, 0.05) is 0 Å². The molecule has 1 fully saturated rings. The molecule has 17 heavy (non-hydrogen) atoms. The number of hydrogen-bond acceptors (Lipinski definition) is 3. The van der Waals surface area contributed by atoms with Crippen molar-refractivity contribution in [3.8, 4) is 0 Å². The van der Waals surface area contributed by atoms with Crippen LogP contribution in [0.25, 0.3) is 0 Å². The highest BCUT2D eigenvalue weighted by Crippen LogP contribution is 2.19. The highest BCUT2D eigenvalue weighted by molar-refractivity contribution is 5.86. The van der Waals surface area contributed by atoms with E-state index in [4.69, 9.17) is 9.84 Å². The van der Waals surface area contributed by atoms with Gasteiger partial charge in [-0.15, -0.1) is 0 Å². The van der Waals surface area contributed by atoms with Crippen molar-refractivity contribution in [2.45, 2.75) is 58.3 Å². The summed E-state index contributed by atoms with van der Waals surface area (Å²) in [5.41, 5.74) is 0. The standard InChI is InChI=1S/C12H21NO4/c1-7(2)6-9(12(15)16)13-11(14)10-5-4-8(3)17-10/h7-10H,4-6H2,1-3H3,(H,13,14)(H,15,16)/t8-,9+,10-/m0/s1. The minimum atomic E-state index is -0.988. The Hall–Kier alpha value is -1.10. The van der Waals surface area contributed by atoms with Gasteiger partial charge in [-0.05, 0) is 32.1 Å². The monoisotopic (exact) mass is 243 g/mol. The summed E-state index contributed by atoms with van der Waals surface area (Å²) in [4.78, 5) is 22.8. The number of amides is 1. The average Bonchev–Trinajstić information content (AvgIpc) is 2.63. The molecule has 0 aromatic rings. The quantitative estimate of drug-likeness (QED) is 0.760. The Morgan fingerprint density at radius 3 is 2.47 bits per heavy atom. The summed E-state index contributed by atoms with van der Waals surface area (Å²) >= 11 is 0. The first-order valence-corrected chi connectivity index (χ1v) is 6.08. The fraction of sp³-hybridized carbons (Fsp3) is 0.833. The smallest absolute Gasteiger partial charge is 0.326 e. The number of ether oxygens (including phenoxy) is 1. The number of carbonyl (C=O) groups is 2. The van der Waals surface area contributed by atoms with Crippen molar-refractivity contribution in [3.05, 3.63) is 0 Å². The normalized spacial score (nSPS) is 25.9. The van der Waals surface area contributed by atoms with Crippen LogP contribution in [0, 0.1) is 5.92 Å². The van der Waals surface area contributed by atoms with Crippen LogP contribution >= 0.6 is 0 Å². The zero-order valence-corrected chi connectivity index (χ0v) is 10.6. The van der Waals surface area contributed by atoms with Gasteiger partial charge >= 0.3 is 5.97 Å². The summed E-state index contributed by atoms with van der Waals surface area (Å²) in [5.74, 6) is -1.07. The molecular formula is C12H21NO4. The van der Waals surface area contributed by atoms with Gasteiger partial charge in [-0.25, -0.2) is 4.79 Å². The van der Waals surface area contributed by atoms with E-state index >= 15 is 0 Å². The average molecular weight is 243 g/mol. The minimum Gasteiger partial charge on any atom is -0.480 e. The van der Waals surface area contributed by atoms with Crippen LogP contribution in [-0.2, 0) is 14.3 Å². The van der Waals surface area contributed by atoms with Crippen LogP contribution in [0.3, 0.4) is 0 Å². The molecule has 5 nitrogen and oxygen atoms in total. The minimum absolute atomic E-state index is 0.0825. The topological polar surface area (TPSA) is 75.6 Å². The Morgan fingerprint density at radius 1 is 1.41 bits per heavy atom. The van der Waals surface area contributed by atoms with Crippen LogP contribution in [0.2, 0.25) is 0 Å². The first-order chi connectivity index (χ1) is 7.90. The second-order valence-electron chi connectivity index (χ2n) is 5.04. The van der Waals surface area contributed by atoms with Gasteiger partial charge in [-0.2, -0.15) is 0 Å². The number of rotatable bonds is 5. The third-order valence-electron chi connectivity index (χ3n) is 2.85. The molecule has 1 amide bonds. The highest BCUT2D eigenvalue weighted by atomic mass is 16.5. The van der Waals surface area contributed by atoms with Crippen LogP contribution in [-0.4, -0.2) is 35.2 Å². The predicted molar refractivity (Wildman–Crippen MR) is 62.6 cm³/mol. The van der Waals surface area contributed by atoms with Crippen LogP contribution in [0.1, 0.15) is 40.0 Å². The molecule has 0 unspecified atom stereocenters. The van der Waals surface area contributed by atoms with Gasteiger partial charge in [-0.3, -0.25) is 4.79 Å². The van der Waals surface area contributed by atoms with Crippen molar-refractivity contribution in [3.63, 3.8) is 0 Å². The molecule has 0 aliphatic carbocycles. The molecule has 0 spiro atoms. The van der Waals surface area contributed by atoms with Crippen LogP contribution in [0.4, 0.5) is 0 Å². The molecule has 0 aromatic heterocycles. The lowest BCUT2D eigenvalue weighted by Crippen LogP contribution is -2.46. The Labute approximate surface area is 102 Å². The van der Waals surface area contributed by atoms with Gasteiger partial charge in [0.2, 0.25) is 5.91 Å². The molecule has 5 heteroatoms. The van der Waals surface area contributed by atoms with Gasteiger partial charge in [0.25, 0.3) is 0 Å². The van der Waals surface area contributed by atoms with E-state index in [1.807, 2.05) is 20.8 Å². The number of hydrogen-bond donors (Lipinski definition) is 2. The summed E-state index contributed by atoms with van der Waals surface area (Å²) in [6.45, 7) is 5.77. The van der Waals surface area contributed by atoms with Crippen molar-refractivity contribution in [1.29, 1.82) is 0 Å². The lowest BCUT2D eigenvalue weighted by atomic mass is 10.0. The maximum atomic E-state index is 11.8. The van der Waals surface area contributed by atoms with E-state index in [1.54, 1.807) is 0 Å². The number of carboxylic acid groups (broad SMARTS) is 1. The lowest BCUT2D eigenvalue weighted by Gasteiger charge is -2.19. The van der Waals surface area contributed by atoms with Crippen LogP contribution < -0.4 is 5.32 Å². The molecular weight excluding hydrogens is 222 g/mol. The van der Waals surface area contributed by atoms with E-state index in [1.165, 1.54) is 0 Å². The molecule has 0 radical (unpaired) electrons. The molecule has 1 aliphatic rings. The second-order valence-corrected chi connectivity index (χ2v) is 5.04. The van der Waals surface area contributed by atoms with E-state index in [-0.39, 0.29) is 17.9 Å². The van der Waals surface area contributed by atoms with Gasteiger partial charge in [0.15, 0.2) is 0 Å². The molecule has 0 aromatic carbocycles. The Kier molecular flexibility index (Phi) is 4.93. The maximum absolute atomic E-state index is 11.8. The maximum Gasteiger partial charge on any atom is 0.326 e. The number of carbonyl (C=O) groups excluding carboxylic acids is 1. The summed E-state index contributed by atoms with van der Waals surface area (Å²) in [5, 5.41) is 11.6. The highest BCUT2D eigenvalue weighted by Gasteiger charge is 2.31. The van der Waals surface area contributed by atoms with Crippen molar-refractivity contribution in [1.82, 2.24) is 5.32 Å². The second kappa shape index (κ2) is 6.00. The fourth-order valence-electron chi connectivity index (χ4n) is 1.95. The summed E-state index contributed by atoms with van der Waals surface area (Å²) in [6.07, 6.45) is 1.54. The lowest BCUT2D eigenvalue weighted by molar-refractivity contribution is -0.144. The zero-order valence-electron chi connectivity index (χ0n) is 10.6. The Balaban J connectivity index is 2.49. The van der Waals surface area contributed by atoms with Gasteiger partial charge in [-0.1, -0.05) is 13.8 Å². The Morgan fingerprint density at radius 2 is 2.06 bits per heavy atom. The SMILES string of the molecule is CC(C)C[C@@H](NC(=O)[C@@H]1CC[C@H](C)O1)C(=O)O. The molecule has 1 heterocycles. The van der Waals surface area contributed by atoms with Gasteiger partial charge < -0.3 is 15.2 Å². The molecule has 1 aliphatic heterocycles. The molecule has 1 rings (SSSR count). The number of carboxylic acids is 1. The fourth-order valence-corrected chi connectivity index (χ4v) is 1.95. The zero-order chi connectivity index (χ0) is 13.0. The first kappa shape index (κ1) is 14.0. The summed E-state index contributed by atoms with van der Waals surface area (Å²) in [7, 11) is 0. The Bertz CT molecular complexity index is 290. The summed E-state index contributed by atoms with van der Waals surface area (Å²) < 4.78 is 5.40. The first-order valence-electron chi connectivity index (χ1n) is 6.08. The number of aliphatic carboxylic acids is 1. The van der Waals surface area contributed by atoms with Crippen molar-refractivity contribution >= 4 is 11.9 Å². The molecule has 3 atom stereocenters. The van der Waals surface area contributed by atoms with Gasteiger partial charge in [0.1, 0.15) is 12.1 Å². The molecule has 0 bridgehead atoms. The van der Waals surface area contributed by atoms with E-state index < -0.39 is 18.1 Å². The number of nitrogens with one attached hydrogen (secondary N) is 1. The predicted octanol–water partition coefficient (Wildman–Crippen LogP) is 1.17. The van der Waals surface area contributed by atoms with Crippen molar-refractivity contribution < 1.29 is 19.4 Å². The molecule has 2 N–H and O–H groups in total. The molecule has 98 valence electrons. The largest absolute Gasteiger partial charge is 0.480 e. The molecule has 1 saturated heterocycles. The third-order valence-corrected chi connectivity index (χ3v) is 2.85. The van der Waals surface area contributed by atoms with Gasteiger partial charge in [0.05, 0.1) is 6.10 Å². The van der Waals surface area contributed by atoms with Crippen LogP contribution in [0.5, 0.6) is 0 Å². The van der Waals surface area contributed by atoms with E-state index in [0.717, 1.165) is 6.42 Å². The van der Waals surface area contributed by atoms with E-state index in [0.29, 0.717) is 12.8 Å². The molecule has 0 saturated carbocycles. The van der Waals surface area contributed by atoms with Crippen molar-refractivity contribution in [2.24, 2.45) is 5.92 Å². The van der Waals surface area contributed by atoms with Crippen molar-refractivity contribution in [2.75, 3.05) is 0 Å². The third kappa shape index (κ3) is 4.34. The van der Waals surface area contributed by atoms with E-state index in [2.05, 4.69) is 5.32 Å². The van der Waals surface area contributed by atoms with Crippen LogP contribution in [0.15, 0.2) is 0 Å². The van der Waals surface area contributed by atoms with E-state index in [9.17, 15) is 9.59 Å².